The Balaban J connectivity index is 1.58. The van der Waals surface area contributed by atoms with Gasteiger partial charge in [-0.25, -0.2) is 0 Å². The zero-order chi connectivity index (χ0) is 18.5. The number of hydrogen-bond donors (Lipinski definition) is 2. The van der Waals surface area contributed by atoms with Gasteiger partial charge in [-0.1, -0.05) is 59.0 Å². The molecular weight excluding hydrogens is 364 g/mol. The standard InChI is InChI=1S/C19H20N4OS2/c1-12-8-10-15(11-9-12)20-18-22-23-19(26-18)25-14(3)17(24)21-16-7-5-4-6-13(16)2/h4-11,14H,1-3H3,(H,20,22)(H,21,24). The van der Waals surface area contributed by atoms with Gasteiger partial charge in [0.25, 0.3) is 0 Å². The van der Waals surface area contributed by atoms with Crippen molar-refractivity contribution in [1.82, 2.24) is 10.2 Å². The maximum absolute atomic E-state index is 12.4. The fourth-order valence-corrected chi connectivity index (χ4v) is 4.14. The van der Waals surface area contributed by atoms with E-state index in [0.29, 0.717) is 5.13 Å². The Morgan fingerprint density at radius 2 is 1.81 bits per heavy atom. The molecule has 3 rings (SSSR count). The first-order valence-corrected chi connectivity index (χ1v) is 9.91. The number of thioether (sulfide) groups is 1. The summed E-state index contributed by atoms with van der Waals surface area (Å²) in [6.07, 6.45) is 0. The number of aromatic nitrogens is 2. The van der Waals surface area contributed by atoms with Crippen molar-refractivity contribution in [2.24, 2.45) is 0 Å². The second kappa shape index (κ2) is 8.33. The number of para-hydroxylation sites is 1. The first-order valence-electron chi connectivity index (χ1n) is 8.21. The van der Waals surface area contributed by atoms with Crippen molar-refractivity contribution in [1.29, 1.82) is 0 Å². The van der Waals surface area contributed by atoms with Crippen LogP contribution < -0.4 is 10.6 Å². The van der Waals surface area contributed by atoms with Gasteiger partial charge in [0.05, 0.1) is 5.25 Å². The van der Waals surface area contributed by atoms with Gasteiger partial charge in [-0.15, -0.1) is 10.2 Å². The Hall–Kier alpha value is -2.38. The van der Waals surface area contributed by atoms with Crippen LogP contribution >= 0.6 is 23.1 Å². The molecule has 3 aromatic rings. The molecule has 2 N–H and O–H groups in total. The van der Waals surface area contributed by atoms with E-state index in [1.54, 1.807) is 0 Å². The molecule has 0 spiro atoms. The van der Waals surface area contributed by atoms with Crippen LogP contribution in [0.25, 0.3) is 0 Å². The smallest absolute Gasteiger partial charge is 0.237 e. The zero-order valence-electron chi connectivity index (χ0n) is 14.8. The molecule has 0 aliphatic heterocycles. The van der Waals surface area contributed by atoms with E-state index in [0.717, 1.165) is 21.3 Å². The van der Waals surface area contributed by atoms with E-state index in [1.807, 2.05) is 69.3 Å². The van der Waals surface area contributed by atoms with Gasteiger partial charge in [-0.05, 0) is 44.5 Å². The second-order valence-electron chi connectivity index (χ2n) is 5.93. The number of nitrogens with one attached hydrogen (secondary N) is 2. The molecule has 134 valence electrons. The maximum atomic E-state index is 12.4. The number of nitrogens with zero attached hydrogens (tertiary/aromatic N) is 2. The second-order valence-corrected chi connectivity index (χ2v) is 8.49. The number of aryl methyl sites for hydroxylation is 2. The number of amides is 1. The third-order valence-electron chi connectivity index (χ3n) is 3.76. The number of rotatable bonds is 6. The molecule has 0 bridgehead atoms. The highest BCUT2D eigenvalue weighted by molar-refractivity contribution is 8.02. The van der Waals surface area contributed by atoms with Crippen molar-refractivity contribution >= 4 is 45.5 Å². The first-order chi connectivity index (χ1) is 12.5. The third kappa shape index (κ3) is 4.83. The predicted molar refractivity (Wildman–Crippen MR) is 109 cm³/mol. The van der Waals surface area contributed by atoms with Gasteiger partial charge in [0.2, 0.25) is 11.0 Å². The minimum absolute atomic E-state index is 0.0486. The Morgan fingerprint density at radius 3 is 2.54 bits per heavy atom. The lowest BCUT2D eigenvalue weighted by Gasteiger charge is -2.11. The van der Waals surface area contributed by atoms with E-state index >= 15 is 0 Å². The van der Waals surface area contributed by atoms with E-state index in [-0.39, 0.29) is 11.2 Å². The van der Waals surface area contributed by atoms with Crippen molar-refractivity contribution < 1.29 is 4.79 Å². The minimum Gasteiger partial charge on any atom is -0.330 e. The summed E-state index contributed by atoms with van der Waals surface area (Å²) in [5.74, 6) is -0.0486. The lowest BCUT2D eigenvalue weighted by atomic mass is 10.2. The predicted octanol–water partition coefficient (Wildman–Crippen LogP) is 5.02. The van der Waals surface area contributed by atoms with Crippen LogP contribution in [0.4, 0.5) is 16.5 Å². The molecule has 26 heavy (non-hydrogen) atoms. The highest BCUT2D eigenvalue weighted by Gasteiger charge is 2.18. The molecule has 1 aromatic heterocycles. The third-order valence-corrected chi connectivity index (χ3v) is 5.78. The van der Waals surface area contributed by atoms with Gasteiger partial charge in [0.1, 0.15) is 0 Å². The summed E-state index contributed by atoms with van der Waals surface area (Å²) in [4.78, 5) is 12.4. The van der Waals surface area contributed by atoms with Crippen LogP contribution in [0.5, 0.6) is 0 Å². The molecule has 5 nitrogen and oxygen atoms in total. The molecule has 0 saturated heterocycles. The van der Waals surface area contributed by atoms with Crippen LogP contribution in [0.1, 0.15) is 18.1 Å². The van der Waals surface area contributed by atoms with Crippen molar-refractivity contribution in [3.05, 3.63) is 59.7 Å². The topological polar surface area (TPSA) is 66.9 Å². The zero-order valence-corrected chi connectivity index (χ0v) is 16.4. The summed E-state index contributed by atoms with van der Waals surface area (Å²) in [6, 6.07) is 15.8. The molecule has 1 amide bonds. The maximum Gasteiger partial charge on any atom is 0.237 e. The molecule has 0 radical (unpaired) electrons. The Kier molecular flexibility index (Phi) is 5.90. The van der Waals surface area contributed by atoms with Crippen LogP contribution in [0.3, 0.4) is 0 Å². The summed E-state index contributed by atoms with van der Waals surface area (Å²) in [6.45, 7) is 5.89. The minimum atomic E-state index is -0.269. The summed E-state index contributed by atoms with van der Waals surface area (Å²) >= 11 is 2.84. The fraction of sp³-hybridized carbons (Fsp3) is 0.211. The van der Waals surface area contributed by atoms with Gasteiger partial charge >= 0.3 is 0 Å². The number of benzene rings is 2. The van der Waals surface area contributed by atoms with Crippen molar-refractivity contribution in [2.45, 2.75) is 30.4 Å². The van der Waals surface area contributed by atoms with Crippen LogP contribution in [0.2, 0.25) is 0 Å². The first kappa shape index (κ1) is 18.4. The fourth-order valence-electron chi connectivity index (χ4n) is 2.22. The Labute approximate surface area is 161 Å². The number of carbonyl (C=O) groups excluding carboxylic acids is 1. The number of anilines is 3. The lowest BCUT2D eigenvalue weighted by Crippen LogP contribution is -2.22. The monoisotopic (exact) mass is 384 g/mol. The van der Waals surface area contributed by atoms with E-state index in [1.165, 1.54) is 28.7 Å². The molecular formula is C19H20N4OS2. The Bertz CT molecular complexity index is 893. The molecule has 0 fully saturated rings. The van der Waals surface area contributed by atoms with Gasteiger partial charge < -0.3 is 10.6 Å². The van der Waals surface area contributed by atoms with Gasteiger partial charge in [-0.3, -0.25) is 4.79 Å². The van der Waals surface area contributed by atoms with Crippen LogP contribution in [-0.4, -0.2) is 21.4 Å². The summed E-state index contributed by atoms with van der Waals surface area (Å²) < 4.78 is 0.757. The number of hydrogen-bond acceptors (Lipinski definition) is 6. The van der Waals surface area contributed by atoms with Crippen LogP contribution in [0.15, 0.2) is 52.9 Å². The molecule has 0 saturated carbocycles. The van der Waals surface area contributed by atoms with E-state index in [4.69, 9.17) is 0 Å². The molecule has 0 aliphatic rings. The lowest BCUT2D eigenvalue weighted by molar-refractivity contribution is -0.115. The van der Waals surface area contributed by atoms with Gasteiger partial charge in [0.15, 0.2) is 4.34 Å². The average Bonchev–Trinajstić information content (AvgIpc) is 3.06. The molecule has 7 heteroatoms. The number of carbonyl (C=O) groups is 1. The average molecular weight is 385 g/mol. The van der Waals surface area contributed by atoms with Crippen molar-refractivity contribution in [3.8, 4) is 0 Å². The SMILES string of the molecule is Cc1ccc(Nc2nnc(SC(C)C(=O)Nc3ccccc3C)s2)cc1. The highest BCUT2D eigenvalue weighted by atomic mass is 32.2. The molecule has 0 aliphatic carbocycles. The Morgan fingerprint density at radius 1 is 1.08 bits per heavy atom. The quantitative estimate of drug-likeness (QED) is 0.584. The summed E-state index contributed by atoms with van der Waals surface area (Å²) in [7, 11) is 0. The van der Waals surface area contributed by atoms with Gasteiger partial charge in [-0.2, -0.15) is 0 Å². The van der Waals surface area contributed by atoms with E-state index in [2.05, 4.69) is 20.8 Å². The van der Waals surface area contributed by atoms with Crippen molar-refractivity contribution in [2.75, 3.05) is 10.6 Å². The molecule has 2 aromatic carbocycles. The largest absolute Gasteiger partial charge is 0.330 e. The van der Waals surface area contributed by atoms with E-state index < -0.39 is 0 Å². The van der Waals surface area contributed by atoms with E-state index in [9.17, 15) is 4.79 Å². The summed E-state index contributed by atoms with van der Waals surface area (Å²) in [5.41, 5.74) is 4.05. The van der Waals surface area contributed by atoms with Crippen LogP contribution in [0, 0.1) is 13.8 Å². The molecule has 1 unspecified atom stereocenters. The van der Waals surface area contributed by atoms with Gasteiger partial charge in [0, 0.05) is 11.4 Å². The molecule has 1 atom stereocenters. The highest BCUT2D eigenvalue weighted by Crippen LogP contribution is 2.31. The molecule has 1 heterocycles. The summed E-state index contributed by atoms with van der Waals surface area (Å²) in [5, 5.41) is 15.0. The van der Waals surface area contributed by atoms with Crippen LogP contribution in [-0.2, 0) is 4.79 Å². The van der Waals surface area contributed by atoms with Crippen molar-refractivity contribution in [3.63, 3.8) is 0 Å². The normalized spacial score (nSPS) is 11.8.